The Labute approximate surface area is 76.9 Å². The predicted molar refractivity (Wildman–Crippen MR) is 47.9 cm³/mol. The summed E-state index contributed by atoms with van der Waals surface area (Å²) in [6.07, 6.45) is 1.63. The fourth-order valence-electron chi connectivity index (χ4n) is 0.932. The van der Waals surface area contributed by atoms with Crippen molar-refractivity contribution in [3.63, 3.8) is 0 Å². The van der Waals surface area contributed by atoms with Gasteiger partial charge in [-0.25, -0.2) is 4.98 Å². The minimum absolute atomic E-state index is 0.381. The smallest absolute Gasteiger partial charge is 0.148 e. The first-order valence-corrected chi connectivity index (χ1v) is 3.86. The average molecular weight is 183 g/mol. The van der Waals surface area contributed by atoms with E-state index in [4.69, 9.17) is 15.2 Å². The zero-order valence-corrected chi connectivity index (χ0v) is 7.78. The molecule has 5 heteroatoms. The molecule has 0 bridgehead atoms. The van der Waals surface area contributed by atoms with Crippen LogP contribution in [0.3, 0.4) is 0 Å². The standard InChI is InChI=1S/C8H13N3O2/c1-12-4-6-3-10-7(5-13-2)8(9)11-6/h3H,4-5H2,1-2H3,(H2,9,11). The van der Waals surface area contributed by atoms with Crippen molar-refractivity contribution >= 4 is 5.82 Å². The van der Waals surface area contributed by atoms with Crippen LogP contribution in [0.2, 0.25) is 0 Å². The highest BCUT2D eigenvalue weighted by Crippen LogP contribution is 2.07. The van der Waals surface area contributed by atoms with E-state index in [2.05, 4.69) is 9.97 Å². The van der Waals surface area contributed by atoms with Gasteiger partial charge in [-0.05, 0) is 0 Å². The monoisotopic (exact) mass is 183 g/mol. The fourth-order valence-corrected chi connectivity index (χ4v) is 0.932. The molecule has 0 aliphatic heterocycles. The van der Waals surface area contributed by atoms with Gasteiger partial charge in [0.2, 0.25) is 0 Å². The number of methoxy groups -OCH3 is 2. The zero-order chi connectivity index (χ0) is 9.68. The van der Waals surface area contributed by atoms with Crippen molar-refractivity contribution in [1.29, 1.82) is 0 Å². The van der Waals surface area contributed by atoms with Crippen molar-refractivity contribution in [3.8, 4) is 0 Å². The van der Waals surface area contributed by atoms with Gasteiger partial charge >= 0.3 is 0 Å². The van der Waals surface area contributed by atoms with Crippen LogP contribution in [0.4, 0.5) is 5.82 Å². The van der Waals surface area contributed by atoms with Crippen molar-refractivity contribution in [2.24, 2.45) is 0 Å². The Morgan fingerprint density at radius 3 is 2.54 bits per heavy atom. The van der Waals surface area contributed by atoms with Crippen molar-refractivity contribution in [2.45, 2.75) is 13.2 Å². The van der Waals surface area contributed by atoms with E-state index in [-0.39, 0.29) is 0 Å². The summed E-state index contributed by atoms with van der Waals surface area (Å²) in [5, 5.41) is 0. The number of anilines is 1. The maximum absolute atomic E-state index is 5.63. The lowest BCUT2D eigenvalue weighted by Gasteiger charge is -2.04. The van der Waals surface area contributed by atoms with E-state index < -0.39 is 0 Å². The Bertz CT molecular complexity index is 278. The first-order valence-electron chi connectivity index (χ1n) is 3.86. The third-order valence-electron chi connectivity index (χ3n) is 1.50. The van der Waals surface area contributed by atoms with Gasteiger partial charge in [0.25, 0.3) is 0 Å². The lowest BCUT2D eigenvalue weighted by molar-refractivity contribution is 0.177. The van der Waals surface area contributed by atoms with Crippen LogP contribution in [0.15, 0.2) is 6.20 Å². The maximum Gasteiger partial charge on any atom is 0.148 e. The Morgan fingerprint density at radius 2 is 2.00 bits per heavy atom. The second kappa shape index (κ2) is 4.74. The van der Waals surface area contributed by atoms with Crippen LogP contribution in [0.1, 0.15) is 11.4 Å². The third-order valence-corrected chi connectivity index (χ3v) is 1.50. The number of hydrogen-bond donors (Lipinski definition) is 1. The van der Waals surface area contributed by atoms with Crippen LogP contribution < -0.4 is 5.73 Å². The molecule has 0 aromatic carbocycles. The summed E-state index contributed by atoms with van der Waals surface area (Å²) in [4.78, 5) is 8.19. The molecule has 0 amide bonds. The predicted octanol–water partition coefficient (Wildman–Crippen LogP) is 0.352. The summed E-state index contributed by atoms with van der Waals surface area (Å²) < 4.78 is 9.79. The van der Waals surface area contributed by atoms with Crippen molar-refractivity contribution in [3.05, 3.63) is 17.6 Å². The molecule has 0 spiro atoms. The van der Waals surface area contributed by atoms with Gasteiger partial charge < -0.3 is 15.2 Å². The van der Waals surface area contributed by atoms with E-state index in [1.165, 1.54) is 0 Å². The van der Waals surface area contributed by atoms with Crippen LogP contribution in [-0.4, -0.2) is 24.2 Å². The maximum atomic E-state index is 5.63. The molecular formula is C8H13N3O2. The number of rotatable bonds is 4. The van der Waals surface area contributed by atoms with Gasteiger partial charge in [-0.2, -0.15) is 0 Å². The zero-order valence-electron chi connectivity index (χ0n) is 7.78. The van der Waals surface area contributed by atoms with Gasteiger partial charge in [0.15, 0.2) is 0 Å². The minimum Gasteiger partial charge on any atom is -0.382 e. The number of nitrogens with zero attached hydrogens (tertiary/aromatic N) is 2. The summed E-state index contributed by atoms with van der Waals surface area (Å²) in [6.45, 7) is 0.802. The molecule has 0 atom stereocenters. The van der Waals surface area contributed by atoms with Gasteiger partial charge in [-0.1, -0.05) is 0 Å². The third kappa shape index (κ3) is 2.64. The summed E-state index contributed by atoms with van der Waals surface area (Å²) in [5.74, 6) is 0.399. The number of hydrogen-bond acceptors (Lipinski definition) is 5. The highest BCUT2D eigenvalue weighted by molar-refractivity contribution is 5.33. The Morgan fingerprint density at radius 1 is 1.31 bits per heavy atom. The van der Waals surface area contributed by atoms with Gasteiger partial charge in [0.05, 0.1) is 25.1 Å². The minimum atomic E-state index is 0.381. The van der Waals surface area contributed by atoms with E-state index in [1.807, 2.05) is 0 Å². The normalized spacial score (nSPS) is 10.3. The van der Waals surface area contributed by atoms with Crippen LogP contribution >= 0.6 is 0 Å². The molecule has 0 saturated heterocycles. The van der Waals surface area contributed by atoms with Crippen LogP contribution in [0.5, 0.6) is 0 Å². The Balaban J connectivity index is 2.79. The topological polar surface area (TPSA) is 70.3 Å². The van der Waals surface area contributed by atoms with E-state index in [0.29, 0.717) is 24.7 Å². The lowest BCUT2D eigenvalue weighted by Crippen LogP contribution is -2.05. The first-order chi connectivity index (χ1) is 6.27. The van der Waals surface area contributed by atoms with Crippen molar-refractivity contribution in [1.82, 2.24) is 9.97 Å². The van der Waals surface area contributed by atoms with Gasteiger partial charge in [-0.3, -0.25) is 4.98 Å². The van der Waals surface area contributed by atoms with Crippen LogP contribution in [0, 0.1) is 0 Å². The molecule has 1 rings (SSSR count). The SMILES string of the molecule is COCc1cnc(COC)c(N)n1. The van der Waals surface area contributed by atoms with Gasteiger partial charge in [0.1, 0.15) is 11.5 Å². The summed E-state index contributed by atoms with van der Waals surface area (Å²) in [5.41, 5.74) is 7.01. The Hall–Kier alpha value is -1.20. The number of nitrogens with two attached hydrogens (primary N) is 1. The van der Waals surface area contributed by atoms with Crippen LogP contribution in [-0.2, 0) is 22.7 Å². The van der Waals surface area contributed by atoms with E-state index in [0.717, 1.165) is 5.69 Å². The van der Waals surface area contributed by atoms with Crippen molar-refractivity contribution in [2.75, 3.05) is 20.0 Å². The number of aromatic nitrogens is 2. The van der Waals surface area contributed by atoms with Crippen molar-refractivity contribution < 1.29 is 9.47 Å². The molecule has 0 aliphatic carbocycles. The summed E-state index contributed by atoms with van der Waals surface area (Å²) in [7, 11) is 3.19. The lowest BCUT2D eigenvalue weighted by atomic mass is 10.4. The molecule has 0 aliphatic rings. The molecule has 1 heterocycles. The van der Waals surface area contributed by atoms with Gasteiger partial charge in [0, 0.05) is 14.2 Å². The van der Waals surface area contributed by atoms with Crippen LogP contribution in [0.25, 0.3) is 0 Å². The quantitative estimate of drug-likeness (QED) is 0.729. The van der Waals surface area contributed by atoms with E-state index >= 15 is 0 Å². The molecular weight excluding hydrogens is 170 g/mol. The molecule has 0 radical (unpaired) electrons. The Kier molecular flexibility index (Phi) is 3.60. The molecule has 72 valence electrons. The second-order valence-electron chi connectivity index (χ2n) is 2.56. The molecule has 13 heavy (non-hydrogen) atoms. The highest BCUT2D eigenvalue weighted by Gasteiger charge is 2.03. The molecule has 1 aromatic rings. The molecule has 2 N–H and O–H groups in total. The molecule has 0 fully saturated rings. The molecule has 1 aromatic heterocycles. The largest absolute Gasteiger partial charge is 0.382 e. The highest BCUT2D eigenvalue weighted by atomic mass is 16.5. The average Bonchev–Trinajstić information content (AvgIpc) is 2.10. The summed E-state index contributed by atoms with van der Waals surface area (Å²) in [6, 6.07) is 0. The number of ether oxygens (including phenoxy) is 2. The molecule has 5 nitrogen and oxygen atoms in total. The number of nitrogen functional groups attached to an aromatic ring is 1. The second-order valence-corrected chi connectivity index (χ2v) is 2.56. The molecule has 0 saturated carbocycles. The van der Waals surface area contributed by atoms with E-state index in [1.54, 1.807) is 20.4 Å². The van der Waals surface area contributed by atoms with Gasteiger partial charge in [-0.15, -0.1) is 0 Å². The van der Waals surface area contributed by atoms with E-state index in [9.17, 15) is 0 Å². The first kappa shape index (κ1) is 9.88. The fraction of sp³-hybridized carbons (Fsp3) is 0.500. The summed E-state index contributed by atoms with van der Waals surface area (Å²) >= 11 is 0. The molecule has 0 unspecified atom stereocenters.